The first-order chi connectivity index (χ1) is 8.61. The molecule has 0 radical (unpaired) electrons. The Morgan fingerprint density at radius 3 is 2.89 bits per heavy atom. The molecule has 0 saturated carbocycles. The monoisotopic (exact) mass is 267 g/mol. The number of methoxy groups -OCH3 is 1. The lowest BCUT2D eigenvalue weighted by Gasteiger charge is -2.08. The van der Waals surface area contributed by atoms with Crippen molar-refractivity contribution < 1.29 is 9.47 Å². The van der Waals surface area contributed by atoms with Gasteiger partial charge in [0.25, 0.3) is 11.4 Å². The molecule has 0 aliphatic carbocycles. The van der Waals surface area contributed by atoms with Crippen LogP contribution in [-0.4, -0.2) is 17.1 Å². The molecule has 1 aromatic heterocycles. The fourth-order valence-electron chi connectivity index (χ4n) is 1.31. The SMILES string of the molecule is COc1c(Oc2ccc(N)c(Cl)c2)nc[nH]c1=O. The molecule has 2 rings (SSSR count). The molecule has 0 unspecified atom stereocenters. The molecule has 2 aromatic rings. The van der Waals surface area contributed by atoms with Crippen LogP contribution in [0.25, 0.3) is 0 Å². The Morgan fingerprint density at radius 1 is 1.44 bits per heavy atom. The highest BCUT2D eigenvalue weighted by atomic mass is 35.5. The zero-order valence-corrected chi connectivity index (χ0v) is 10.2. The van der Waals surface area contributed by atoms with Gasteiger partial charge in [-0.3, -0.25) is 4.79 Å². The van der Waals surface area contributed by atoms with Crippen molar-refractivity contribution in [2.24, 2.45) is 0 Å². The lowest BCUT2D eigenvalue weighted by atomic mass is 10.3. The Hall–Kier alpha value is -2.21. The number of nitrogens with one attached hydrogen (secondary N) is 1. The molecule has 0 amide bonds. The highest BCUT2D eigenvalue weighted by Crippen LogP contribution is 2.29. The van der Waals surface area contributed by atoms with E-state index in [1.165, 1.54) is 19.5 Å². The van der Waals surface area contributed by atoms with E-state index in [0.29, 0.717) is 16.5 Å². The summed E-state index contributed by atoms with van der Waals surface area (Å²) in [6, 6.07) is 4.74. The molecule has 0 atom stereocenters. The van der Waals surface area contributed by atoms with Gasteiger partial charge in [0.05, 0.1) is 24.1 Å². The maximum Gasteiger partial charge on any atom is 0.297 e. The first kappa shape index (κ1) is 12.3. The molecule has 0 bridgehead atoms. The van der Waals surface area contributed by atoms with Crippen LogP contribution < -0.4 is 20.8 Å². The number of halogens is 1. The number of benzene rings is 1. The van der Waals surface area contributed by atoms with Crippen LogP contribution in [0.15, 0.2) is 29.3 Å². The summed E-state index contributed by atoms with van der Waals surface area (Å²) in [5.74, 6) is 0.457. The lowest BCUT2D eigenvalue weighted by molar-refractivity contribution is 0.363. The molecular formula is C11H10ClN3O3. The zero-order valence-electron chi connectivity index (χ0n) is 9.44. The number of H-pyrrole nitrogens is 1. The number of aromatic nitrogens is 2. The molecule has 1 aromatic carbocycles. The topological polar surface area (TPSA) is 90.2 Å². The molecular weight excluding hydrogens is 258 g/mol. The van der Waals surface area contributed by atoms with Gasteiger partial charge in [-0.15, -0.1) is 0 Å². The molecule has 0 aliphatic heterocycles. The van der Waals surface area contributed by atoms with Gasteiger partial charge in [-0.2, -0.15) is 0 Å². The summed E-state index contributed by atoms with van der Waals surface area (Å²) in [6.07, 6.45) is 1.22. The van der Waals surface area contributed by atoms with Gasteiger partial charge < -0.3 is 20.2 Å². The number of rotatable bonds is 3. The van der Waals surface area contributed by atoms with Crippen LogP contribution in [0.5, 0.6) is 17.4 Å². The van der Waals surface area contributed by atoms with Crippen molar-refractivity contribution in [3.63, 3.8) is 0 Å². The fourth-order valence-corrected chi connectivity index (χ4v) is 1.48. The number of hydrogen-bond donors (Lipinski definition) is 2. The van der Waals surface area contributed by atoms with Crippen molar-refractivity contribution in [2.45, 2.75) is 0 Å². The van der Waals surface area contributed by atoms with E-state index in [0.717, 1.165) is 0 Å². The average molecular weight is 268 g/mol. The van der Waals surface area contributed by atoms with Gasteiger partial charge >= 0.3 is 0 Å². The largest absolute Gasteiger partial charge is 0.487 e. The van der Waals surface area contributed by atoms with Crippen molar-refractivity contribution in [1.29, 1.82) is 0 Å². The van der Waals surface area contributed by atoms with Gasteiger partial charge in [0, 0.05) is 6.07 Å². The van der Waals surface area contributed by atoms with Crippen molar-refractivity contribution in [3.8, 4) is 17.4 Å². The molecule has 6 nitrogen and oxygen atoms in total. The quantitative estimate of drug-likeness (QED) is 0.828. The number of nitrogens with two attached hydrogens (primary N) is 1. The Kier molecular flexibility index (Phi) is 3.38. The Morgan fingerprint density at radius 2 is 2.22 bits per heavy atom. The predicted octanol–water partition coefficient (Wildman–Crippen LogP) is 1.81. The van der Waals surface area contributed by atoms with Crippen LogP contribution in [0.1, 0.15) is 0 Å². The molecule has 94 valence electrons. The number of aromatic amines is 1. The van der Waals surface area contributed by atoms with E-state index in [9.17, 15) is 4.79 Å². The normalized spacial score (nSPS) is 10.1. The van der Waals surface area contributed by atoms with E-state index in [1.807, 2.05) is 0 Å². The van der Waals surface area contributed by atoms with E-state index in [-0.39, 0.29) is 11.6 Å². The summed E-state index contributed by atoms with van der Waals surface area (Å²) in [6.45, 7) is 0. The summed E-state index contributed by atoms with van der Waals surface area (Å²) >= 11 is 5.86. The van der Waals surface area contributed by atoms with Crippen LogP contribution in [0.2, 0.25) is 5.02 Å². The highest BCUT2D eigenvalue weighted by Gasteiger charge is 2.11. The second-order valence-electron chi connectivity index (χ2n) is 3.36. The maximum atomic E-state index is 11.4. The van der Waals surface area contributed by atoms with E-state index >= 15 is 0 Å². The van der Waals surface area contributed by atoms with Crippen LogP contribution in [0.3, 0.4) is 0 Å². The number of nitrogens with zero attached hydrogens (tertiary/aromatic N) is 1. The molecule has 0 aliphatic rings. The van der Waals surface area contributed by atoms with Crippen molar-refractivity contribution in [3.05, 3.63) is 39.9 Å². The first-order valence-electron chi connectivity index (χ1n) is 4.96. The molecule has 3 N–H and O–H groups in total. The van der Waals surface area contributed by atoms with Gasteiger partial charge in [0.2, 0.25) is 5.75 Å². The van der Waals surface area contributed by atoms with Crippen molar-refractivity contribution in [2.75, 3.05) is 12.8 Å². The molecule has 0 fully saturated rings. The number of nitrogen functional groups attached to an aromatic ring is 1. The minimum Gasteiger partial charge on any atom is -0.487 e. The summed E-state index contributed by atoms with van der Waals surface area (Å²) in [5.41, 5.74) is 5.59. The van der Waals surface area contributed by atoms with Crippen LogP contribution >= 0.6 is 11.6 Å². The summed E-state index contributed by atoms with van der Waals surface area (Å²) < 4.78 is 10.3. The van der Waals surface area contributed by atoms with Crippen molar-refractivity contribution in [1.82, 2.24) is 9.97 Å². The summed E-state index contributed by atoms with van der Waals surface area (Å²) in [5, 5.41) is 0.358. The first-order valence-corrected chi connectivity index (χ1v) is 5.34. The van der Waals surface area contributed by atoms with Crippen LogP contribution in [0, 0.1) is 0 Å². The third kappa shape index (κ3) is 2.38. The minimum atomic E-state index is -0.427. The second-order valence-corrected chi connectivity index (χ2v) is 3.76. The van der Waals surface area contributed by atoms with Gasteiger partial charge in [0.15, 0.2) is 0 Å². The predicted molar refractivity (Wildman–Crippen MR) is 67.3 cm³/mol. The van der Waals surface area contributed by atoms with E-state index in [1.54, 1.807) is 12.1 Å². The van der Waals surface area contributed by atoms with E-state index in [4.69, 9.17) is 26.8 Å². The Balaban J connectivity index is 2.37. The van der Waals surface area contributed by atoms with Gasteiger partial charge in [0.1, 0.15) is 5.75 Å². The Bertz CT molecular complexity index is 627. The highest BCUT2D eigenvalue weighted by molar-refractivity contribution is 6.33. The third-order valence-electron chi connectivity index (χ3n) is 2.17. The van der Waals surface area contributed by atoms with E-state index in [2.05, 4.69) is 9.97 Å². The zero-order chi connectivity index (χ0) is 13.1. The number of anilines is 1. The molecule has 0 spiro atoms. The second kappa shape index (κ2) is 4.97. The average Bonchev–Trinajstić information content (AvgIpc) is 2.34. The van der Waals surface area contributed by atoms with E-state index < -0.39 is 5.56 Å². The number of ether oxygens (including phenoxy) is 2. The smallest absolute Gasteiger partial charge is 0.297 e. The molecule has 7 heteroatoms. The van der Waals surface area contributed by atoms with Crippen LogP contribution in [0.4, 0.5) is 5.69 Å². The van der Waals surface area contributed by atoms with Gasteiger partial charge in [-0.25, -0.2) is 4.98 Å². The number of hydrogen-bond acceptors (Lipinski definition) is 5. The van der Waals surface area contributed by atoms with Gasteiger partial charge in [-0.1, -0.05) is 11.6 Å². The fraction of sp³-hybridized carbons (Fsp3) is 0.0909. The molecule has 0 saturated heterocycles. The summed E-state index contributed by atoms with van der Waals surface area (Å²) in [4.78, 5) is 17.7. The maximum absolute atomic E-state index is 11.4. The Labute approximate surface area is 107 Å². The standard InChI is InChI=1S/C11H10ClN3O3/c1-17-9-10(16)14-5-15-11(9)18-6-2-3-8(13)7(12)4-6/h2-5H,13H2,1H3,(H,14,15,16). The van der Waals surface area contributed by atoms with Crippen molar-refractivity contribution >= 4 is 17.3 Å². The van der Waals surface area contributed by atoms with Crippen LogP contribution in [-0.2, 0) is 0 Å². The van der Waals surface area contributed by atoms with Gasteiger partial charge in [-0.05, 0) is 12.1 Å². The molecule has 18 heavy (non-hydrogen) atoms. The lowest BCUT2D eigenvalue weighted by Crippen LogP contribution is -2.10. The molecule has 1 heterocycles. The minimum absolute atomic E-state index is 0.00884. The summed E-state index contributed by atoms with van der Waals surface area (Å²) in [7, 11) is 1.36. The third-order valence-corrected chi connectivity index (χ3v) is 2.50.